The van der Waals surface area contributed by atoms with Crippen molar-refractivity contribution in [3.8, 4) is 0 Å². The Bertz CT molecular complexity index is 722. The summed E-state index contributed by atoms with van der Waals surface area (Å²) in [6, 6.07) is 4.92. The number of carbonyl (C=O) groups excluding carboxylic acids is 1. The molecule has 106 valence electrons. The van der Waals surface area contributed by atoms with Crippen molar-refractivity contribution >= 4 is 32.5 Å². The van der Waals surface area contributed by atoms with Crippen LogP contribution in [0.2, 0.25) is 0 Å². The topological polar surface area (TPSA) is 109 Å². The molecule has 0 radical (unpaired) electrons. The van der Waals surface area contributed by atoms with Gasteiger partial charge < -0.3 is 0 Å². The van der Waals surface area contributed by atoms with Crippen molar-refractivity contribution in [2.75, 3.05) is 5.32 Å². The van der Waals surface area contributed by atoms with Crippen molar-refractivity contribution in [1.82, 2.24) is 10.2 Å². The van der Waals surface area contributed by atoms with Crippen LogP contribution in [0, 0.1) is 0 Å². The van der Waals surface area contributed by atoms with Crippen LogP contribution in [-0.2, 0) is 16.5 Å². The van der Waals surface area contributed by atoms with E-state index in [0.717, 1.165) is 23.6 Å². The first kappa shape index (κ1) is 14.6. The maximum Gasteiger partial charge on any atom is 0.294 e. The highest BCUT2D eigenvalue weighted by atomic mass is 32.2. The second-order valence-electron chi connectivity index (χ2n) is 3.81. The van der Waals surface area contributed by atoms with Gasteiger partial charge in [0.05, 0.1) is 4.90 Å². The van der Waals surface area contributed by atoms with Gasteiger partial charge in [-0.3, -0.25) is 14.7 Å². The van der Waals surface area contributed by atoms with Gasteiger partial charge in [0.2, 0.25) is 5.13 Å². The maximum atomic E-state index is 11.9. The lowest BCUT2D eigenvalue weighted by Gasteiger charge is -2.02. The van der Waals surface area contributed by atoms with Crippen LogP contribution in [-0.4, -0.2) is 29.1 Å². The van der Waals surface area contributed by atoms with Gasteiger partial charge in [-0.2, -0.15) is 8.42 Å². The van der Waals surface area contributed by atoms with Gasteiger partial charge in [-0.25, -0.2) is 0 Å². The van der Waals surface area contributed by atoms with Crippen LogP contribution in [0.1, 0.15) is 22.3 Å². The fourth-order valence-electron chi connectivity index (χ4n) is 1.39. The second kappa shape index (κ2) is 5.65. The fourth-order valence-corrected chi connectivity index (χ4v) is 2.55. The van der Waals surface area contributed by atoms with Crippen LogP contribution in [0.4, 0.5) is 5.13 Å². The molecule has 1 heterocycles. The van der Waals surface area contributed by atoms with Gasteiger partial charge in [0, 0.05) is 5.56 Å². The Morgan fingerprint density at radius 2 is 1.95 bits per heavy atom. The molecule has 2 N–H and O–H groups in total. The molecular weight excluding hydrogens is 302 g/mol. The molecule has 9 heteroatoms. The van der Waals surface area contributed by atoms with Crippen LogP contribution in [0.15, 0.2) is 29.2 Å². The smallest absolute Gasteiger partial charge is 0.294 e. The number of hydrogen-bond donors (Lipinski definition) is 2. The number of aromatic nitrogens is 2. The van der Waals surface area contributed by atoms with Crippen molar-refractivity contribution in [1.29, 1.82) is 0 Å². The third kappa shape index (κ3) is 3.38. The highest BCUT2D eigenvalue weighted by Gasteiger charge is 2.13. The summed E-state index contributed by atoms with van der Waals surface area (Å²) in [5, 5.41) is 11.4. The number of hydrogen-bond acceptors (Lipinski definition) is 6. The molecule has 0 bridgehead atoms. The summed E-state index contributed by atoms with van der Waals surface area (Å²) < 4.78 is 30.6. The van der Waals surface area contributed by atoms with Crippen molar-refractivity contribution in [2.45, 2.75) is 18.2 Å². The summed E-state index contributed by atoms with van der Waals surface area (Å²) in [4.78, 5) is 11.6. The number of nitrogens with one attached hydrogen (secondary N) is 1. The molecule has 0 aliphatic heterocycles. The zero-order chi connectivity index (χ0) is 14.8. The summed E-state index contributed by atoms with van der Waals surface area (Å²) in [5.41, 5.74) is 0.255. The SMILES string of the molecule is CCc1nnc(NC(=O)c2ccc(S(=O)(=O)O)cc2)s1. The molecule has 0 fully saturated rings. The first-order valence-corrected chi connectivity index (χ1v) is 7.87. The molecule has 7 nitrogen and oxygen atoms in total. The van der Waals surface area contributed by atoms with E-state index in [1.807, 2.05) is 6.92 Å². The Kier molecular flexibility index (Phi) is 4.12. The predicted molar refractivity (Wildman–Crippen MR) is 73.5 cm³/mol. The Morgan fingerprint density at radius 1 is 1.30 bits per heavy atom. The number of amides is 1. The number of rotatable bonds is 4. The van der Waals surface area contributed by atoms with Crippen LogP contribution >= 0.6 is 11.3 Å². The minimum Gasteiger partial charge on any atom is -0.296 e. The molecule has 1 amide bonds. The largest absolute Gasteiger partial charge is 0.296 e. The normalized spacial score (nSPS) is 11.3. The lowest BCUT2D eigenvalue weighted by atomic mass is 10.2. The lowest BCUT2D eigenvalue weighted by molar-refractivity contribution is 0.102. The van der Waals surface area contributed by atoms with E-state index in [1.165, 1.54) is 23.5 Å². The monoisotopic (exact) mass is 313 g/mol. The summed E-state index contributed by atoms with van der Waals surface area (Å²) in [7, 11) is -4.26. The highest BCUT2D eigenvalue weighted by Crippen LogP contribution is 2.17. The minimum absolute atomic E-state index is 0.255. The molecule has 0 saturated heterocycles. The number of benzene rings is 1. The Labute approximate surface area is 119 Å². The first-order chi connectivity index (χ1) is 9.40. The lowest BCUT2D eigenvalue weighted by Crippen LogP contribution is -2.12. The van der Waals surface area contributed by atoms with Crippen LogP contribution < -0.4 is 5.32 Å². The number of nitrogens with zero attached hydrogens (tertiary/aromatic N) is 2. The molecule has 1 aromatic heterocycles. The van der Waals surface area contributed by atoms with Crippen molar-refractivity contribution in [3.63, 3.8) is 0 Å². The molecule has 2 aromatic rings. The number of anilines is 1. The third-order valence-corrected chi connectivity index (χ3v) is 4.26. The summed E-state index contributed by atoms with van der Waals surface area (Å²) in [6.07, 6.45) is 0.733. The molecular formula is C11H11N3O4S2. The zero-order valence-corrected chi connectivity index (χ0v) is 12.0. The molecule has 2 rings (SSSR count). The van der Waals surface area contributed by atoms with Gasteiger partial charge in [-0.05, 0) is 30.7 Å². The van der Waals surface area contributed by atoms with Gasteiger partial charge >= 0.3 is 0 Å². The molecule has 0 aliphatic rings. The van der Waals surface area contributed by atoms with Gasteiger partial charge in [-0.1, -0.05) is 18.3 Å². The molecule has 1 aromatic carbocycles. The quantitative estimate of drug-likeness (QED) is 0.830. The van der Waals surface area contributed by atoms with E-state index >= 15 is 0 Å². The van der Waals surface area contributed by atoms with Crippen molar-refractivity contribution in [3.05, 3.63) is 34.8 Å². The van der Waals surface area contributed by atoms with E-state index in [0.29, 0.717) is 5.13 Å². The molecule has 0 spiro atoms. The van der Waals surface area contributed by atoms with Crippen LogP contribution in [0.25, 0.3) is 0 Å². The summed E-state index contributed by atoms with van der Waals surface area (Å²) in [6.45, 7) is 1.93. The van der Waals surface area contributed by atoms with Crippen molar-refractivity contribution < 1.29 is 17.8 Å². The number of carbonyl (C=O) groups is 1. The van der Waals surface area contributed by atoms with E-state index in [4.69, 9.17) is 4.55 Å². The Morgan fingerprint density at radius 3 is 2.45 bits per heavy atom. The van der Waals surface area contributed by atoms with Crippen LogP contribution in [0.3, 0.4) is 0 Å². The van der Waals surface area contributed by atoms with Crippen LogP contribution in [0.5, 0.6) is 0 Å². The number of aryl methyl sites for hydroxylation is 1. The fraction of sp³-hybridized carbons (Fsp3) is 0.182. The van der Waals surface area contributed by atoms with E-state index in [1.54, 1.807) is 0 Å². The second-order valence-corrected chi connectivity index (χ2v) is 6.29. The van der Waals surface area contributed by atoms with E-state index in [-0.39, 0.29) is 10.5 Å². The van der Waals surface area contributed by atoms with E-state index in [9.17, 15) is 13.2 Å². The Hall–Kier alpha value is -1.84. The Balaban J connectivity index is 2.13. The molecule has 0 unspecified atom stereocenters. The molecule has 0 atom stereocenters. The highest BCUT2D eigenvalue weighted by molar-refractivity contribution is 7.85. The van der Waals surface area contributed by atoms with Gasteiger partial charge in [0.15, 0.2) is 0 Å². The van der Waals surface area contributed by atoms with Gasteiger partial charge in [-0.15, -0.1) is 10.2 Å². The van der Waals surface area contributed by atoms with E-state index < -0.39 is 16.0 Å². The molecule has 0 saturated carbocycles. The standard InChI is InChI=1S/C11H11N3O4S2/c1-2-9-13-14-11(19-9)12-10(15)7-3-5-8(6-4-7)20(16,17)18/h3-6H,2H2,1H3,(H,12,14,15)(H,16,17,18). The first-order valence-electron chi connectivity index (χ1n) is 5.61. The molecule has 20 heavy (non-hydrogen) atoms. The minimum atomic E-state index is -4.26. The summed E-state index contributed by atoms with van der Waals surface area (Å²) in [5.74, 6) is -0.425. The van der Waals surface area contributed by atoms with Crippen molar-refractivity contribution in [2.24, 2.45) is 0 Å². The third-order valence-electron chi connectivity index (χ3n) is 2.40. The maximum absolute atomic E-state index is 11.9. The predicted octanol–water partition coefficient (Wildman–Crippen LogP) is 1.60. The summed E-state index contributed by atoms with van der Waals surface area (Å²) >= 11 is 1.27. The van der Waals surface area contributed by atoms with E-state index in [2.05, 4.69) is 15.5 Å². The average Bonchev–Trinajstić information content (AvgIpc) is 2.85. The molecule has 0 aliphatic carbocycles. The average molecular weight is 313 g/mol. The zero-order valence-electron chi connectivity index (χ0n) is 10.4. The van der Waals surface area contributed by atoms with Gasteiger partial charge in [0.1, 0.15) is 5.01 Å². The van der Waals surface area contributed by atoms with Gasteiger partial charge in [0.25, 0.3) is 16.0 Å².